The van der Waals surface area contributed by atoms with Crippen molar-refractivity contribution in [2.24, 2.45) is 5.73 Å². The minimum atomic E-state index is 0.0841. The Morgan fingerprint density at radius 3 is 3.00 bits per heavy atom. The number of hydrogen-bond acceptors (Lipinski definition) is 3. The highest BCUT2D eigenvalue weighted by atomic mass is 16.1. The number of fused-ring (bicyclic) bond motifs is 1. The molecule has 0 radical (unpaired) electrons. The molecule has 1 aromatic carbocycles. The van der Waals surface area contributed by atoms with Gasteiger partial charge in [-0.25, -0.2) is 0 Å². The average Bonchev–Trinajstić information content (AvgIpc) is 2.67. The Labute approximate surface area is 102 Å². The molecule has 1 aromatic rings. The predicted octanol–water partition coefficient (Wildman–Crippen LogP) is 0.960. The van der Waals surface area contributed by atoms with E-state index < -0.39 is 0 Å². The second-order valence-corrected chi connectivity index (χ2v) is 4.72. The number of nitrogens with zero attached hydrogens (tertiary/aromatic N) is 1. The van der Waals surface area contributed by atoms with E-state index in [2.05, 4.69) is 36.3 Å². The Bertz CT molecular complexity index is 431. The minimum absolute atomic E-state index is 0.0841. The molecule has 1 atom stereocenters. The fourth-order valence-corrected chi connectivity index (χ4v) is 2.00. The van der Waals surface area contributed by atoms with Crippen LogP contribution in [0, 0.1) is 0 Å². The molecule has 0 aliphatic carbocycles. The van der Waals surface area contributed by atoms with Gasteiger partial charge in [0.2, 0.25) is 5.91 Å². The highest BCUT2D eigenvalue weighted by Gasteiger charge is 2.18. The molecule has 0 saturated carbocycles. The molecule has 1 heterocycles. The molecule has 3 N–H and O–H groups in total. The lowest BCUT2D eigenvalue weighted by atomic mass is 10.1. The van der Waals surface area contributed by atoms with Crippen molar-refractivity contribution in [1.29, 1.82) is 0 Å². The number of nitrogens with one attached hydrogen (secondary N) is 1. The Kier molecular flexibility index (Phi) is 3.45. The van der Waals surface area contributed by atoms with Crippen LogP contribution >= 0.6 is 0 Å². The maximum absolute atomic E-state index is 11.2. The second kappa shape index (κ2) is 4.85. The smallest absolute Gasteiger partial charge is 0.228 e. The van der Waals surface area contributed by atoms with Gasteiger partial charge in [0.1, 0.15) is 0 Å². The summed E-state index contributed by atoms with van der Waals surface area (Å²) in [6, 6.07) is 6.51. The van der Waals surface area contributed by atoms with Crippen molar-refractivity contribution >= 4 is 11.6 Å². The molecule has 2 rings (SSSR count). The number of benzene rings is 1. The topological polar surface area (TPSA) is 58.4 Å². The summed E-state index contributed by atoms with van der Waals surface area (Å²) in [7, 11) is 2.06. The van der Waals surface area contributed by atoms with Crippen molar-refractivity contribution in [3.63, 3.8) is 0 Å². The molecule has 0 saturated heterocycles. The van der Waals surface area contributed by atoms with Gasteiger partial charge in [0.15, 0.2) is 0 Å². The van der Waals surface area contributed by atoms with Gasteiger partial charge >= 0.3 is 0 Å². The summed E-state index contributed by atoms with van der Waals surface area (Å²) in [4.78, 5) is 13.5. The first-order valence-electron chi connectivity index (χ1n) is 5.92. The first-order chi connectivity index (χ1) is 8.10. The zero-order valence-corrected chi connectivity index (χ0v) is 10.4. The summed E-state index contributed by atoms with van der Waals surface area (Å²) in [5.41, 5.74) is 8.91. The summed E-state index contributed by atoms with van der Waals surface area (Å²) < 4.78 is 0. The molecule has 1 aliphatic heterocycles. The molecule has 0 bridgehead atoms. The molecule has 1 amide bonds. The molecule has 4 nitrogen and oxygen atoms in total. The van der Waals surface area contributed by atoms with E-state index in [0.29, 0.717) is 19.0 Å². The Balaban J connectivity index is 2.09. The van der Waals surface area contributed by atoms with Gasteiger partial charge in [0, 0.05) is 24.8 Å². The number of nitrogens with two attached hydrogens (primary N) is 1. The van der Waals surface area contributed by atoms with Gasteiger partial charge in [-0.2, -0.15) is 0 Å². The van der Waals surface area contributed by atoms with Crippen LogP contribution in [0.5, 0.6) is 0 Å². The normalized spacial score (nSPS) is 15.9. The van der Waals surface area contributed by atoms with Crippen LogP contribution in [0.4, 0.5) is 5.69 Å². The lowest BCUT2D eigenvalue weighted by Gasteiger charge is -2.23. The number of carbonyl (C=O) groups excluding carboxylic acids is 1. The molecule has 1 unspecified atom stereocenters. The lowest BCUT2D eigenvalue weighted by Crippen LogP contribution is -2.34. The molecule has 17 heavy (non-hydrogen) atoms. The number of hydrogen-bond donors (Lipinski definition) is 2. The van der Waals surface area contributed by atoms with Gasteiger partial charge in [-0.05, 0) is 31.2 Å². The predicted molar refractivity (Wildman–Crippen MR) is 68.8 cm³/mol. The quantitative estimate of drug-likeness (QED) is 0.814. The molecule has 0 spiro atoms. The van der Waals surface area contributed by atoms with E-state index in [-0.39, 0.29) is 5.91 Å². The highest BCUT2D eigenvalue weighted by Crippen LogP contribution is 2.24. The van der Waals surface area contributed by atoms with Crippen LogP contribution in [0.3, 0.4) is 0 Å². The summed E-state index contributed by atoms with van der Waals surface area (Å²) in [5, 5.41) is 2.84. The summed E-state index contributed by atoms with van der Waals surface area (Å²) in [5.74, 6) is 0.0841. The van der Waals surface area contributed by atoms with Crippen molar-refractivity contribution in [1.82, 2.24) is 4.90 Å². The third kappa shape index (κ3) is 2.65. The van der Waals surface area contributed by atoms with Gasteiger partial charge in [-0.1, -0.05) is 12.1 Å². The number of carbonyl (C=O) groups is 1. The molecular weight excluding hydrogens is 214 g/mol. The number of anilines is 1. The van der Waals surface area contributed by atoms with E-state index >= 15 is 0 Å². The summed E-state index contributed by atoms with van der Waals surface area (Å²) in [6.07, 6.45) is 0.499. The highest BCUT2D eigenvalue weighted by molar-refractivity contribution is 5.99. The van der Waals surface area contributed by atoms with Crippen molar-refractivity contribution in [3.05, 3.63) is 29.3 Å². The SMILES string of the molecule is CC(CN)N(C)Cc1ccc2c(c1)CC(=O)N2. The van der Waals surface area contributed by atoms with Gasteiger partial charge in [0.25, 0.3) is 0 Å². The zero-order valence-electron chi connectivity index (χ0n) is 10.4. The fraction of sp³-hybridized carbons (Fsp3) is 0.462. The van der Waals surface area contributed by atoms with Crippen LogP contribution in [-0.4, -0.2) is 30.4 Å². The monoisotopic (exact) mass is 233 g/mol. The minimum Gasteiger partial charge on any atom is -0.329 e. The average molecular weight is 233 g/mol. The molecule has 0 aromatic heterocycles. The first kappa shape index (κ1) is 12.1. The van der Waals surface area contributed by atoms with E-state index in [9.17, 15) is 4.79 Å². The van der Waals surface area contributed by atoms with E-state index in [1.165, 1.54) is 5.56 Å². The van der Waals surface area contributed by atoms with E-state index in [4.69, 9.17) is 5.73 Å². The zero-order chi connectivity index (χ0) is 12.4. The number of rotatable bonds is 4. The van der Waals surface area contributed by atoms with Gasteiger partial charge in [0.05, 0.1) is 6.42 Å². The van der Waals surface area contributed by atoms with Crippen LogP contribution in [-0.2, 0) is 17.8 Å². The Morgan fingerprint density at radius 1 is 1.53 bits per heavy atom. The van der Waals surface area contributed by atoms with Crippen molar-refractivity contribution < 1.29 is 4.79 Å². The Hall–Kier alpha value is -1.39. The molecular formula is C13H19N3O. The Morgan fingerprint density at radius 2 is 2.29 bits per heavy atom. The van der Waals surface area contributed by atoms with Gasteiger partial charge < -0.3 is 11.1 Å². The largest absolute Gasteiger partial charge is 0.329 e. The van der Waals surface area contributed by atoms with Crippen LogP contribution in [0.1, 0.15) is 18.1 Å². The summed E-state index contributed by atoms with van der Waals surface area (Å²) >= 11 is 0. The van der Waals surface area contributed by atoms with E-state index in [1.54, 1.807) is 0 Å². The standard InChI is InChI=1S/C13H19N3O/c1-9(7-14)16(2)8-10-3-4-12-11(5-10)6-13(17)15-12/h3-5,9H,6-8,14H2,1-2H3,(H,15,17). The van der Waals surface area contributed by atoms with Gasteiger partial charge in [-0.3, -0.25) is 9.69 Å². The number of likely N-dealkylation sites (N-methyl/N-ethyl adjacent to an activating group) is 1. The van der Waals surface area contributed by atoms with E-state index in [0.717, 1.165) is 17.8 Å². The maximum atomic E-state index is 11.2. The first-order valence-corrected chi connectivity index (χ1v) is 5.92. The fourth-order valence-electron chi connectivity index (χ4n) is 2.00. The van der Waals surface area contributed by atoms with Crippen molar-refractivity contribution in [3.8, 4) is 0 Å². The molecule has 1 aliphatic rings. The van der Waals surface area contributed by atoms with Gasteiger partial charge in [-0.15, -0.1) is 0 Å². The van der Waals surface area contributed by atoms with Crippen molar-refractivity contribution in [2.75, 3.05) is 18.9 Å². The van der Waals surface area contributed by atoms with Crippen LogP contribution in [0.2, 0.25) is 0 Å². The van der Waals surface area contributed by atoms with Crippen LogP contribution < -0.4 is 11.1 Å². The lowest BCUT2D eigenvalue weighted by molar-refractivity contribution is -0.115. The maximum Gasteiger partial charge on any atom is 0.228 e. The summed E-state index contributed by atoms with van der Waals surface area (Å²) in [6.45, 7) is 3.62. The molecule has 0 fully saturated rings. The second-order valence-electron chi connectivity index (χ2n) is 4.72. The third-order valence-electron chi connectivity index (χ3n) is 3.32. The molecule has 92 valence electrons. The van der Waals surface area contributed by atoms with Crippen LogP contribution in [0.25, 0.3) is 0 Å². The third-order valence-corrected chi connectivity index (χ3v) is 3.32. The van der Waals surface area contributed by atoms with E-state index in [1.807, 2.05) is 6.07 Å². The van der Waals surface area contributed by atoms with Crippen LogP contribution in [0.15, 0.2) is 18.2 Å². The molecule has 4 heteroatoms. The van der Waals surface area contributed by atoms with Crippen molar-refractivity contribution in [2.45, 2.75) is 25.9 Å². The number of amides is 1.